The Hall–Kier alpha value is -1.78. The van der Waals surface area contributed by atoms with E-state index in [1.54, 1.807) is 0 Å². The number of carbonyl (C=O) groups is 2. The van der Waals surface area contributed by atoms with Crippen molar-refractivity contribution >= 4 is 21.6 Å². The first-order valence-corrected chi connectivity index (χ1v) is 17.3. The highest BCUT2D eigenvalue weighted by molar-refractivity contribution is 7.90. The predicted octanol–water partition coefficient (Wildman–Crippen LogP) is 6.82. The highest BCUT2D eigenvalue weighted by Gasteiger charge is 2.65. The quantitative estimate of drug-likeness (QED) is 0.393. The van der Waals surface area contributed by atoms with E-state index in [-0.39, 0.29) is 45.1 Å². The molecule has 41 heavy (non-hydrogen) atoms. The number of fused-ring (bicyclic) bond motifs is 5. The standard InChI is InChI=1S/C34H50N2O4S/c1-29(2)13-11-24-25(37)19-27-32(6)20-22(21-35)28(38)30(3,4)26(32)12-14-34(27,8)33(24,7)18-17-31(5,16-15-29)36-41(39,40)23-9-10-23/h19-20,23-24,26,36H,9-18H2,1-8H3/t24?,26-,31-,32-,33+,34+/m0/s1. The number of sulfonamides is 1. The zero-order valence-corrected chi connectivity index (χ0v) is 27.3. The van der Waals surface area contributed by atoms with Gasteiger partial charge in [0.15, 0.2) is 11.6 Å². The average Bonchev–Trinajstić information content (AvgIpc) is 3.72. The van der Waals surface area contributed by atoms with E-state index in [1.807, 2.05) is 26.0 Å². The van der Waals surface area contributed by atoms with E-state index in [4.69, 9.17) is 0 Å². The van der Waals surface area contributed by atoms with Crippen molar-refractivity contribution in [2.45, 2.75) is 130 Å². The van der Waals surface area contributed by atoms with Crippen LogP contribution in [0.1, 0.15) is 120 Å². The Bertz CT molecular complexity index is 1380. The van der Waals surface area contributed by atoms with Crippen molar-refractivity contribution in [3.8, 4) is 6.07 Å². The molecule has 5 aliphatic carbocycles. The maximum absolute atomic E-state index is 14.2. The molecule has 0 spiro atoms. The number of ketones is 2. The van der Waals surface area contributed by atoms with Gasteiger partial charge in [0.05, 0.1) is 10.8 Å². The minimum atomic E-state index is -3.38. The molecule has 0 aromatic carbocycles. The van der Waals surface area contributed by atoms with Gasteiger partial charge in [-0.1, -0.05) is 60.1 Å². The lowest BCUT2D eigenvalue weighted by atomic mass is 9.38. The fourth-order valence-corrected chi connectivity index (χ4v) is 11.3. The summed E-state index contributed by atoms with van der Waals surface area (Å²) in [5, 5.41) is 9.66. The first kappa shape index (κ1) is 30.7. The average molecular weight is 583 g/mol. The molecular formula is C34H50N2O4S. The molecule has 0 aliphatic heterocycles. The van der Waals surface area contributed by atoms with E-state index >= 15 is 0 Å². The molecule has 6 atom stereocenters. The van der Waals surface area contributed by atoms with Crippen molar-refractivity contribution in [3.63, 3.8) is 0 Å². The van der Waals surface area contributed by atoms with Crippen molar-refractivity contribution in [1.29, 1.82) is 5.26 Å². The minimum Gasteiger partial charge on any atom is -0.295 e. The summed E-state index contributed by atoms with van der Waals surface area (Å²) in [5.41, 5.74) is -1.33. The summed E-state index contributed by atoms with van der Waals surface area (Å²) in [6.45, 7) is 17.2. The normalized spacial score (nSPS) is 42.5. The highest BCUT2D eigenvalue weighted by atomic mass is 32.2. The van der Waals surface area contributed by atoms with Crippen molar-refractivity contribution in [3.05, 3.63) is 23.3 Å². The van der Waals surface area contributed by atoms with Gasteiger partial charge < -0.3 is 0 Å². The number of Topliss-reactive ketones (excluding diaryl/α,β-unsaturated/α-hetero) is 1. The summed E-state index contributed by atoms with van der Waals surface area (Å²) in [5.74, 6) is -0.102. The fourth-order valence-electron chi connectivity index (χ4n) is 9.49. The Labute approximate surface area is 247 Å². The van der Waals surface area contributed by atoms with Crippen molar-refractivity contribution < 1.29 is 18.0 Å². The van der Waals surface area contributed by atoms with Crippen LogP contribution >= 0.6 is 0 Å². The number of allylic oxidation sites excluding steroid dienone is 4. The van der Waals surface area contributed by atoms with Crippen LogP contribution in [0.3, 0.4) is 0 Å². The predicted molar refractivity (Wildman–Crippen MR) is 161 cm³/mol. The lowest BCUT2D eigenvalue weighted by molar-refractivity contribution is -0.139. The Morgan fingerprint density at radius 3 is 2.10 bits per heavy atom. The lowest BCUT2D eigenvalue weighted by Gasteiger charge is -2.65. The third kappa shape index (κ3) is 4.71. The molecule has 0 amide bonds. The molecule has 226 valence electrons. The molecule has 1 unspecified atom stereocenters. The van der Waals surface area contributed by atoms with Gasteiger partial charge in [0, 0.05) is 22.3 Å². The summed E-state index contributed by atoms with van der Waals surface area (Å²) < 4.78 is 29.6. The van der Waals surface area contributed by atoms with E-state index in [0.717, 1.165) is 63.4 Å². The summed E-state index contributed by atoms with van der Waals surface area (Å²) >= 11 is 0. The molecule has 3 saturated carbocycles. The first-order chi connectivity index (χ1) is 18.7. The molecule has 3 fully saturated rings. The first-order valence-electron chi connectivity index (χ1n) is 15.7. The zero-order valence-electron chi connectivity index (χ0n) is 26.4. The maximum Gasteiger partial charge on any atom is 0.214 e. The van der Waals surface area contributed by atoms with Crippen LogP contribution in [0.15, 0.2) is 23.3 Å². The lowest BCUT2D eigenvalue weighted by Crippen LogP contribution is -2.60. The van der Waals surface area contributed by atoms with Gasteiger partial charge in [0.25, 0.3) is 0 Å². The second-order valence-electron chi connectivity index (χ2n) is 16.5. The molecule has 0 radical (unpaired) electrons. The molecule has 5 rings (SSSR count). The van der Waals surface area contributed by atoms with Crippen LogP contribution in [-0.4, -0.2) is 30.8 Å². The fraction of sp³-hybridized carbons (Fsp3) is 0.794. The number of nitrogens with zero attached hydrogens (tertiary/aromatic N) is 1. The van der Waals surface area contributed by atoms with Gasteiger partial charge in [-0.3, -0.25) is 9.59 Å². The Kier molecular flexibility index (Phi) is 7.00. The smallest absolute Gasteiger partial charge is 0.214 e. The SMILES string of the molecule is CC1(C)CCC2C(=O)C=C3[C@@]4(C)C=C(C#N)C(=O)C(C)(C)[C@@H]4CC[C@@]3(C)[C@]2(C)CC[C@@](C)(NS(=O)(=O)C2CC2)CC1. The van der Waals surface area contributed by atoms with Gasteiger partial charge in [0.1, 0.15) is 6.07 Å². The monoisotopic (exact) mass is 582 g/mol. The van der Waals surface area contributed by atoms with Crippen LogP contribution in [-0.2, 0) is 19.6 Å². The molecule has 0 aromatic heterocycles. The van der Waals surface area contributed by atoms with E-state index < -0.39 is 31.8 Å². The molecule has 0 bridgehead atoms. The van der Waals surface area contributed by atoms with E-state index in [9.17, 15) is 23.3 Å². The molecule has 0 aromatic rings. The summed E-state index contributed by atoms with van der Waals surface area (Å²) in [7, 11) is -3.38. The number of hydrogen-bond acceptors (Lipinski definition) is 5. The summed E-state index contributed by atoms with van der Waals surface area (Å²) in [4.78, 5) is 27.5. The number of nitriles is 1. The highest BCUT2D eigenvalue weighted by Crippen LogP contribution is 2.70. The summed E-state index contributed by atoms with van der Waals surface area (Å²) in [6, 6.07) is 2.18. The molecule has 0 saturated heterocycles. The summed E-state index contributed by atoms with van der Waals surface area (Å²) in [6.07, 6.45) is 11.7. The van der Waals surface area contributed by atoms with Crippen LogP contribution in [0.4, 0.5) is 0 Å². The van der Waals surface area contributed by atoms with E-state index in [1.165, 1.54) is 0 Å². The Balaban J connectivity index is 1.62. The Morgan fingerprint density at radius 1 is 0.854 bits per heavy atom. The topological polar surface area (TPSA) is 104 Å². The van der Waals surface area contributed by atoms with Gasteiger partial charge >= 0.3 is 0 Å². The van der Waals surface area contributed by atoms with Gasteiger partial charge in [0.2, 0.25) is 10.0 Å². The number of rotatable bonds is 3. The van der Waals surface area contributed by atoms with Crippen LogP contribution in [0.2, 0.25) is 0 Å². The number of carbonyl (C=O) groups excluding carboxylic acids is 2. The molecule has 0 heterocycles. The molecule has 1 N–H and O–H groups in total. The van der Waals surface area contributed by atoms with Crippen molar-refractivity contribution in [2.24, 2.45) is 38.9 Å². The molecule has 5 aliphatic rings. The third-order valence-electron chi connectivity index (χ3n) is 12.8. The largest absolute Gasteiger partial charge is 0.295 e. The molecule has 7 heteroatoms. The molecule has 6 nitrogen and oxygen atoms in total. The van der Waals surface area contributed by atoms with Gasteiger partial charge in [-0.25, -0.2) is 13.1 Å². The van der Waals surface area contributed by atoms with E-state index in [2.05, 4.69) is 52.3 Å². The van der Waals surface area contributed by atoms with Crippen LogP contribution in [0.25, 0.3) is 0 Å². The Morgan fingerprint density at radius 2 is 1.49 bits per heavy atom. The van der Waals surface area contributed by atoms with Crippen molar-refractivity contribution in [1.82, 2.24) is 4.72 Å². The number of hydrogen-bond donors (Lipinski definition) is 1. The van der Waals surface area contributed by atoms with Gasteiger partial charge in [-0.2, -0.15) is 5.26 Å². The van der Waals surface area contributed by atoms with Crippen LogP contribution in [0, 0.1) is 50.2 Å². The second kappa shape index (κ2) is 9.36. The molecular weight excluding hydrogens is 532 g/mol. The third-order valence-corrected chi connectivity index (χ3v) is 14.9. The van der Waals surface area contributed by atoms with Crippen molar-refractivity contribution in [2.75, 3.05) is 0 Å². The minimum absolute atomic E-state index is 0.000888. The van der Waals surface area contributed by atoms with Gasteiger partial charge in [-0.15, -0.1) is 0 Å². The van der Waals surface area contributed by atoms with E-state index in [0.29, 0.717) is 6.42 Å². The number of nitrogens with one attached hydrogen (secondary N) is 1. The second-order valence-corrected chi connectivity index (χ2v) is 18.4. The maximum atomic E-state index is 14.2. The van der Waals surface area contributed by atoms with Gasteiger partial charge in [-0.05, 0) is 99.4 Å². The van der Waals surface area contributed by atoms with Crippen LogP contribution in [0.5, 0.6) is 0 Å². The van der Waals surface area contributed by atoms with Crippen LogP contribution < -0.4 is 4.72 Å². The zero-order chi connectivity index (χ0) is 30.4.